The van der Waals surface area contributed by atoms with E-state index in [4.69, 9.17) is 5.73 Å². The fraction of sp³-hybridized carbons (Fsp3) is 0.571. The molecule has 0 spiro atoms. The van der Waals surface area contributed by atoms with Gasteiger partial charge in [-0.05, 0) is 31.4 Å². The van der Waals surface area contributed by atoms with Gasteiger partial charge in [-0.3, -0.25) is 4.90 Å². The molecule has 1 aliphatic rings. The number of benzene rings is 1. The van der Waals surface area contributed by atoms with E-state index in [1.54, 1.807) is 0 Å². The molecule has 1 heterocycles. The Morgan fingerprint density at radius 2 is 2.12 bits per heavy atom. The third-order valence-corrected chi connectivity index (χ3v) is 3.52. The van der Waals surface area contributed by atoms with E-state index in [2.05, 4.69) is 29.2 Å². The highest BCUT2D eigenvalue weighted by Crippen LogP contribution is 2.17. The van der Waals surface area contributed by atoms with Crippen LogP contribution in [0.25, 0.3) is 0 Å². The van der Waals surface area contributed by atoms with Crippen LogP contribution in [0.15, 0.2) is 30.3 Å². The molecule has 0 radical (unpaired) electrons. The minimum Gasteiger partial charge on any atom is -0.395 e. The fourth-order valence-electron chi connectivity index (χ4n) is 2.62. The highest BCUT2D eigenvalue weighted by molar-refractivity contribution is 5.15. The van der Waals surface area contributed by atoms with Crippen molar-refractivity contribution in [3.63, 3.8) is 0 Å². The molecule has 0 aromatic heterocycles. The zero-order valence-electron chi connectivity index (χ0n) is 10.3. The Morgan fingerprint density at radius 3 is 2.82 bits per heavy atom. The van der Waals surface area contributed by atoms with E-state index < -0.39 is 0 Å². The van der Waals surface area contributed by atoms with Crippen LogP contribution in [0.1, 0.15) is 18.4 Å². The molecule has 0 bridgehead atoms. The van der Waals surface area contributed by atoms with Crippen molar-refractivity contribution in [1.29, 1.82) is 0 Å². The van der Waals surface area contributed by atoms with Crippen LogP contribution >= 0.6 is 0 Å². The number of aliphatic hydroxyl groups is 1. The highest BCUT2D eigenvalue weighted by atomic mass is 16.3. The number of nitrogens with two attached hydrogens (primary N) is 1. The van der Waals surface area contributed by atoms with E-state index in [0.717, 1.165) is 25.9 Å². The molecule has 0 aliphatic carbocycles. The van der Waals surface area contributed by atoms with Gasteiger partial charge in [0.25, 0.3) is 0 Å². The van der Waals surface area contributed by atoms with E-state index in [-0.39, 0.29) is 12.6 Å². The second kappa shape index (κ2) is 6.15. The van der Waals surface area contributed by atoms with Gasteiger partial charge >= 0.3 is 0 Å². The number of likely N-dealkylation sites (tertiary alicyclic amines) is 1. The van der Waals surface area contributed by atoms with Crippen LogP contribution in [0, 0.1) is 0 Å². The van der Waals surface area contributed by atoms with Crippen LogP contribution in [0.4, 0.5) is 0 Å². The molecule has 2 atom stereocenters. The Morgan fingerprint density at radius 1 is 1.35 bits per heavy atom. The first kappa shape index (κ1) is 12.6. The summed E-state index contributed by atoms with van der Waals surface area (Å²) in [6, 6.07) is 10.8. The monoisotopic (exact) mass is 234 g/mol. The van der Waals surface area contributed by atoms with Crippen LogP contribution in [0.5, 0.6) is 0 Å². The predicted molar refractivity (Wildman–Crippen MR) is 69.8 cm³/mol. The lowest BCUT2D eigenvalue weighted by Gasteiger charge is -2.26. The summed E-state index contributed by atoms with van der Waals surface area (Å²) in [4.78, 5) is 2.33. The summed E-state index contributed by atoms with van der Waals surface area (Å²) in [7, 11) is 0. The van der Waals surface area contributed by atoms with Gasteiger partial charge in [0.2, 0.25) is 0 Å². The SMILES string of the molecule is N[C@H](Cc1ccccc1)CN1CCC[C@@H]1CO. The van der Waals surface area contributed by atoms with E-state index in [1.807, 2.05) is 6.07 Å². The first-order valence-electron chi connectivity index (χ1n) is 6.44. The molecule has 17 heavy (non-hydrogen) atoms. The summed E-state index contributed by atoms with van der Waals surface area (Å²) >= 11 is 0. The van der Waals surface area contributed by atoms with Crippen LogP contribution < -0.4 is 5.73 Å². The van der Waals surface area contributed by atoms with Crippen LogP contribution in [0.3, 0.4) is 0 Å². The van der Waals surface area contributed by atoms with E-state index in [9.17, 15) is 5.11 Å². The zero-order valence-corrected chi connectivity index (χ0v) is 10.3. The summed E-state index contributed by atoms with van der Waals surface area (Å²) in [5.74, 6) is 0. The average molecular weight is 234 g/mol. The molecular formula is C14H22N2O. The quantitative estimate of drug-likeness (QED) is 0.799. The molecule has 0 saturated carbocycles. The molecule has 0 amide bonds. The summed E-state index contributed by atoms with van der Waals surface area (Å²) in [5, 5.41) is 9.26. The minimum atomic E-state index is 0.157. The Hall–Kier alpha value is -0.900. The molecule has 2 rings (SSSR count). The topological polar surface area (TPSA) is 49.5 Å². The highest BCUT2D eigenvalue weighted by Gasteiger charge is 2.24. The average Bonchev–Trinajstić information content (AvgIpc) is 2.77. The molecule has 3 N–H and O–H groups in total. The lowest BCUT2D eigenvalue weighted by Crippen LogP contribution is -2.42. The van der Waals surface area contributed by atoms with Crippen LogP contribution in [-0.2, 0) is 6.42 Å². The van der Waals surface area contributed by atoms with Gasteiger partial charge in [0.15, 0.2) is 0 Å². The third kappa shape index (κ3) is 3.53. The first-order chi connectivity index (χ1) is 8.29. The lowest BCUT2D eigenvalue weighted by atomic mass is 10.1. The van der Waals surface area contributed by atoms with E-state index >= 15 is 0 Å². The maximum atomic E-state index is 9.26. The van der Waals surface area contributed by atoms with E-state index in [1.165, 1.54) is 12.0 Å². The van der Waals surface area contributed by atoms with Gasteiger partial charge in [-0.15, -0.1) is 0 Å². The molecule has 0 unspecified atom stereocenters. The smallest absolute Gasteiger partial charge is 0.0586 e. The summed E-state index contributed by atoms with van der Waals surface area (Å²) in [6.45, 7) is 2.23. The van der Waals surface area contributed by atoms with Gasteiger partial charge in [-0.2, -0.15) is 0 Å². The van der Waals surface area contributed by atoms with Gasteiger partial charge in [0.05, 0.1) is 6.61 Å². The largest absolute Gasteiger partial charge is 0.395 e. The minimum absolute atomic E-state index is 0.157. The number of aliphatic hydroxyl groups excluding tert-OH is 1. The number of hydrogen-bond acceptors (Lipinski definition) is 3. The summed E-state index contributed by atoms with van der Waals surface area (Å²) in [5.41, 5.74) is 7.47. The lowest BCUT2D eigenvalue weighted by molar-refractivity contribution is 0.152. The normalized spacial score (nSPS) is 22.8. The predicted octanol–water partition coefficient (Wildman–Crippen LogP) is 1.01. The van der Waals surface area contributed by atoms with Crippen LogP contribution in [-0.4, -0.2) is 41.8 Å². The second-order valence-corrected chi connectivity index (χ2v) is 4.92. The molecule has 1 fully saturated rings. The molecule has 1 aliphatic heterocycles. The summed E-state index contributed by atoms with van der Waals surface area (Å²) in [6.07, 6.45) is 3.20. The van der Waals surface area contributed by atoms with Crippen LogP contribution in [0.2, 0.25) is 0 Å². The van der Waals surface area contributed by atoms with Crippen molar-refractivity contribution >= 4 is 0 Å². The molecule has 94 valence electrons. The summed E-state index contributed by atoms with van der Waals surface area (Å²) < 4.78 is 0. The van der Waals surface area contributed by atoms with Gasteiger partial charge in [-0.1, -0.05) is 30.3 Å². The molecule has 1 saturated heterocycles. The number of hydrogen-bond donors (Lipinski definition) is 2. The maximum Gasteiger partial charge on any atom is 0.0586 e. The Balaban J connectivity index is 1.83. The molecule has 3 nitrogen and oxygen atoms in total. The number of nitrogens with zero attached hydrogens (tertiary/aromatic N) is 1. The Kier molecular flexibility index (Phi) is 4.54. The van der Waals surface area contributed by atoms with Crippen molar-refractivity contribution in [2.45, 2.75) is 31.3 Å². The fourth-order valence-corrected chi connectivity index (χ4v) is 2.62. The van der Waals surface area contributed by atoms with Crippen molar-refractivity contribution in [2.24, 2.45) is 5.73 Å². The van der Waals surface area contributed by atoms with Crippen molar-refractivity contribution in [2.75, 3.05) is 19.7 Å². The van der Waals surface area contributed by atoms with Crippen molar-refractivity contribution in [1.82, 2.24) is 4.90 Å². The van der Waals surface area contributed by atoms with Gasteiger partial charge in [-0.25, -0.2) is 0 Å². The van der Waals surface area contributed by atoms with Gasteiger partial charge in [0, 0.05) is 18.6 Å². The molecule has 1 aromatic rings. The van der Waals surface area contributed by atoms with Crippen molar-refractivity contribution < 1.29 is 5.11 Å². The molecular weight excluding hydrogens is 212 g/mol. The molecule has 3 heteroatoms. The van der Waals surface area contributed by atoms with Crippen molar-refractivity contribution in [3.8, 4) is 0 Å². The standard InChI is InChI=1S/C14H22N2O/c15-13(9-12-5-2-1-3-6-12)10-16-8-4-7-14(16)11-17/h1-3,5-6,13-14,17H,4,7-11,15H2/t13-,14-/m1/s1. The second-order valence-electron chi connectivity index (χ2n) is 4.92. The first-order valence-corrected chi connectivity index (χ1v) is 6.44. The number of rotatable bonds is 5. The van der Waals surface area contributed by atoms with Crippen molar-refractivity contribution in [3.05, 3.63) is 35.9 Å². The van der Waals surface area contributed by atoms with Gasteiger partial charge in [0.1, 0.15) is 0 Å². The molecule has 1 aromatic carbocycles. The van der Waals surface area contributed by atoms with Gasteiger partial charge < -0.3 is 10.8 Å². The Labute approximate surface area is 103 Å². The Bertz CT molecular complexity index is 328. The maximum absolute atomic E-state index is 9.26. The third-order valence-electron chi connectivity index (χ3n) is 3.52. The zero-order chi connectivity index (χ0) is 12.1. The van der Waals surface area contributed by atoms with E-state index in [0.29, 0.717) is 6.04 Å².